The fourth-order valence-electron chi connectivity index (χ4n) is 3.76. The predicted molar refractivity (Wildman–Crippen MR) is 124 cm³/mol. The monoisotopic (exact) mass is 430 g/mol. The van der Waals surface area contributed by atoms with Crippen molar-refractivity contribution >= 4 is 44.6 Å². The molecule has 0 amide bonds. The maximum absolute atomic E-state index is 11.4. The number of aryl methyl sites for hydroxylation is 1. The smallest absolute Gasteiger partial charge is 0.174 e. The Hall–Kier alpha value is -3.09. The number of aromatic nitrogens is 2. The molecular weight excluding hydrogens is 412 g/mol. The third kappa shape index (κ3) is 3.28. The highest BCUT2D eigenvalue weighted by atomic mass is 32.2. The normalized spacial score (nSPS) is 11.4. The maximum atomic E-state index is 11.4. The first kappa shape index (κ1) is 18.9. The summed E-state index contributed by atoms with van der Waals surface area (Å²) in [6.45, 7) is 1.93. The van der Waals surface area contributed by atoms with Crippen LogP contribution in [0.3, 0.4) is 0 Å². The number of benzene rings is 4. The second-order valence-electron chi connectivity index (χ2n) is 7.04. The Balaban J connectivity index is 1.74. The molecule has 0 atom stereocenters. The summed E-state index contributed by atoms with van der Waals surface area (Å²) in [7, 11) is 0. The number of fused-ring (bicyclic) bond motifs is 2. The van der Waals surface area contributed by atoms with E-state index in [9.17, 15) is 10.2 Å². The topological polar surface area (TPSA) is 66.2 Å². The van der Waals surface area contributed by atoms with E-state index in [0.717, 1.165) is 36.5 Å². The molecule has 0 bridgehead atoms. The first-order valence-electron chi connectivity index (χ1n) is 9.49. The SMILES string of the molecule is Cc1nnc(SCc2cc3ccccc3c(-c3c(O)ccc4ccccc34)c2O)s1. The summed E-state index contributed by atoms with van der Waals surface area (Å²) in [5.74, 6) is 0.900. The molecule has 0 fully saturated rings. The second-order valence-corrected chi connectivity index (χ2v) is 9.44. The number of hydrogen-bond donors (Lipinski definition) is 2. The van der Waals surface area contributed by atoms with E-state index in [-0.39, 0.29) is 11.5 Å². The molecule has 1 aromatic heterocycles. The van der Waals surface area contributed by atoms with Gasteiger partial charge in [-0.2, -0.15) is 0 Å². The van der Waals surface area contributed by atoms with E-state index in [4.69, 9.17) is 0 Å². The zero-order valence-electron chi connectivity index (χ0n) is 16.2. The minimum atomic E-state index is 0.152. The number of rotatable bonds is 4. The van der Waals surface area contributed by atoms with Crippen molar-refractivity contribution in [3.63, 3.8) is 0 Å². The molecule has 0 unspecified atom stereocenters. The molecule has 0 saturated carbocycles. The Labute approximate surface area is 181 Å². The minimum Gasteiger partial charge on any atom is -0.507 e. The molecule has 1 heterocycles. The number of phenols is 2. The van der Waals surface area contributed by atoms with Crippen LogP contribution in [0.1, 0.15) is 10.6 Å². The maximum Gasteiger partial charge on any atom is 0.174 e. The van der Waals surface area contributed by atoms with Crippen LogP contribution < -0.4 is 0 Å². The lowest BCUT2D eigenvalue weighted by Gasteiger charge is -2.17. The van der Waals surface area contributed by atoms with Crippen molar-refractivity contribution in [3.8, 4) is 22.6 Å². The largest absolute Gasteiger partial charge is 0.507 e. The Kier molecular flexibility index (Phi) is 4.81. The van der Waals surface area contributed by atoms with Crippen LogP contribution in [0.5, 0.6) is 11.5 Å². The van der Waals surface area contributed by atoms with E-state index in [1.54, 1.807) is 29.2 Å². The quantitative estimate of drug-likeness (QED) is 0.318. The summed E-state index contributed by atoms with van der Waals surface area (Å²) in [6, 6.07) is 21.4. The number of thioether (sulfide) groups is 1. The average Bonchev–Trinajstić information content (AvgIpc) is 3.18. The highest BCUT2D eigenvalue weighted by molar-refractivity contribution is 8.00. The Morgan fingerprint density at radius 1 is 0.833 bits per heavy atom. The van der Waals surface area contributed by atoms with Crippen molar-refractivity contribution in [1.82, 2.24) is 10.2 Å². The van der Waals surface area contributed by atoms with Crippen molar-refractivity contribution in [3.05, 3.63) is 77.3 Å². The van der Waals surface area contributed by atoms with Gasteiger partial charge in [0.25, 0.3) is 0 Å². The van der Waals surface area contributed by atoms with Gasteiger partial charge in [0, 0.05) is 22.4 Å². The molecule has 148 valence electrons. The van der Waals surface area contributed by atoms with Crippen LogP contribution in [-0.2, 0) is 5.75 Å². The first-order valence-corrected chi connectivity index (χ1v) is 11.3. The molecular formula is C24H18N2O2S2. The van der Waals surface area contributed by atoms with Crippen LogP contribution in [0.4, 0.5) is 0 Å². The third-order valence-corrected chi connectivity index (χ3v) is 7.14. The Morgan fingerprint density at radius 3 is 2.27 bits per heavy atom. The number of nitrogens with zero attached hydrogens (tertiary/aromatic N) is 2. The fraction of sp³-hybridized carbons (Fsp3) is 0.0833. The van der Waals surface area contributed by atoms with Crippen molar-refractivity contribution < 1.29 is 10.2 Å². The van der Waals surface area contributed by atoms with E-state index < -0.39 is 0 Å². The zero-order valence-corrected chi connectivity index (χ0v) is 17.8. The molecule has 4 aromatic carbocycles. The standard InChI is InChI=1S/C24H18N2O2S2/c1-14-25-26-24(30-14)29-13-17-12-16-7-3-5-9-19(16)22(23(17)28)21-18-8-4-2-6-15(18)10-11-20(21)27/h2-12,27-28H,13H2,1H3. The van der Waals surface area contributed by atoms with Crippen LogP contribution in [-0.4, -0.2) is 20.4 Å². The van der Waals surface area contributed by atoms with Gasteiger partial charge < -0.3 is 10.2 Å². The van der Waals surface area contributed by atoms with Crippen LogP contribution in [0.2, 0.25) is 0 Å². The molecule has 5 aromatic rings. The van der Waals surface area contributed by atoms with E-state index in [1.165, 1.54) is 0 Å². The first-order chi connectivity index (χ1) is 14.6. The number of aromatic hydroxyl groups is 2. The highest BCUT2D eigenvalue weighted by Gasteiger charge is 2.20. The number of phenolic OH excluding ortho intramolecular Hbond substituents is 2. The van der Waals surface area contributed by atoms with Crippen LogP contribution >= 0.6 is 23.1 Å². The van der Waals surface area contributed by atoms with Gasteiger partial charge in [0.15, 0.2) is 4.34 Å². The van der Waals surface area contributed by atoms with E-state index in [1.807, 2.05) is 67.6 Å². The minimum absolute atomic E-state index is 0.152. The molecule has 6 heteroatoms. The van der Waals surface area contributed by atoms with Gasteiger partial charge in [0.2, 0.25) is 0 Å². The molecule has 2 N–H and O–H groups in total. The Morgan fingerprint density at radius 2 is 1.53 bits per heavy atom. The molecule has 30 heavy (non-hydrogen) atoms. The van der Waals surface area contributed by atoms with Crippen molar-refractivity contribution in [1.29, 1.82) is 0 Å². The van der Waals surface area contributed by atoms with Gasteiger partial charge >= 0.3 is 0 Å². The molecule has 0 saturated heterocycles. The van der Waals surface area contributed by atoms with Gasteiger partial charge in [-0.15, -0.1) is 10.2 Å². The highest BCUT2D eigenvalue weighted by Crippen LogP contribution is 2.47. The average molecular weight is 431 g/mol. The van der Waals surface area contributed by atoms with Gasteiger partial charge in [-0.3, -0.25) is 0 Å². The van der Waals surface area contributed by atoms with E-state index >= 15 is 0 Å². The predicted octanol–water partition coefficient (Wildman–Crippen LogP) is 6.52. The molecule has 0 radical (unpaired) electrons. The van der Waals surface area contributed by atoms with Gasteiger partial charge in [-0.25, -0.2) is 0 Å². The fourth-order valence-corrected chi connectivity index (χ4v) is 5.54. The van der Waals surface area contributed by atoms with Crippen LogP contribution in [0, 0.1) is 6.92 Å². The summed E-state index contributed by atoms with van der Waals surface area (Å²) < 4.78 is 0.870. The summed E-state index contributed by atoms with van der Waals surface area (Å²) in [6.07, 6.45) is 0. The summed E-state index contributed by atoms with van der Waals surface area (Å²) in [5.41, 5.74) is 2.11. The van der Waals surface area contributed by atoms with Crippen LogP contribution in [0.15, 0.2) is 71.1 Å². The lowest BCUT2D eigenvalue weighted by Crippen LogP contribution is -1.91. The summed E-state index contributed by atoms with van der Waals surface area (Å²) >= 11 is 3.09. The summed E-state index contributed by atoms with van der Waals surface area (Å²) in [5, 5.41) is 35.2. The van der Waals surface area contributed by atoms with Crippen molar-refractivity contribution in [2.24, 2.45) is 0 Å². The van der Waals surface area contributed by atoms with Crippen molar-refractivity contribution in [2.45, 2.75) is 17.0 Å². The van der Waals surface area contributed by atoms with E-state index in [0.29, 0.717) is 16.9 Å². The lowest BCUT2D eigenvalue weighted by atomic mass is 9.90. The molecule has 0 aliphatic rings. The third-order valence-electron chi connectivity index (χ3n) is 5.12. The molecule has 0 spiro atoms. The van der Waals surface area contributed by atoms with Gasteiger partial charge in [-0.1, -0.05) is 77.7 Å². The van der Waals surface area contributed by atoms with Crippen LogP contribution in [0.25, 0.3) is 32.7 Å². The molecule has 0 aliphatic carbocycles. The lowest BCUT2D eigenvalue weighted by molar-refractivity contribution is 0.467. The molecule has 0 aliphatic heterocycles. The van der Waals surface area contributed by atoms with E-state index in [2.05, 4.69) is 10.2 Å². The van der Waals surface area contributed by atoms with Crippen molar-refractivity contribution in [2.75, 3.05) is 0 Å². The molecule has 4 nitrogen and oxygen atoms in total. The second kappa shape index (κ2) is 7.63. The van der Waals surface area contributed by atoms with Gasteiger partial charge in [0.05, 0.1) is 0 Å². The molecule has 5 rings (SSSR count). The Bertz CT molecular complexity index is 1400. The zero-order chi connectivity index (χ0) is 20.7. The van der Waals surface area contributed by atoms with Gasteiger partial charge in [0.1, 0.15) is 16.5 Å². The summed E-state index contributed by atoms with van der Waals surface area (Å²) in [4.78, 5) is 0. The number of hydrogen-bond acceptors (Lipinski definition) is 6. The van der Waals surface area contributed by atoms with Gasteiger partial charge in [-0.05, 0) is 40.6 Å².